The molecule has 0 radical (unpaired) electrons. The van der Waals surface area contributed by atoms with Crippen molar-refractivity contribution >= 4 is 36.0 Å². The second kappa shape index (κ2) is 13.4. The number of nitrogens with zero attached hydrogens (tertiary/aromatic N) is 3. The van der Waals surface area contributed by atoms with Crippen LogP contribution in [0.5, 0.6) is 0 Å². The molecule has 0 spiro atoms. The Labute approximate surface area is 236 Å². The van der Waals surface area contributed by atoms with Gasteiger partial charge in [0, 0.05) is 35.8 Å². The van der Waals surface area contributed by atoms with Crippen LogP contribution in [0.3, 0.4) is 0 Å². The highest BCUT2D eigenvalue weighted by molar-refractivity contribution is 6.30. The summed E-state index contributed by atoms with van der Waals surface area (Å²) in [6.45, 7) is 5.19. The van der Waals surface area contributed by atoms with E-state index in [-0.39, 0.29) is 24.4 Å². The molecule has 1 amide bonds. The van der Waals surface area contributed by atoms with Gasteiger partial charge in [0.2, 0.25) is 5.91 Å². The molecule has 0 bridgehead atoms. The highest BCUT2D eigenvalue weighted by Crippen LogP contribution is 2.28. The van der Waals surface area contributed by atoms with Gasteiger partial charge in [0.1, 0.15) is 0 Å². The van der Waals surface area contributed by atoms with E-state index in [1.54, 1.807) is 6.08 Å². The summed E-state index contributed by atoms with van der Waals surface area (Å²) in [6.07, 6.45) is 11.3. The Hall–Kier alpha value is -2.67. The summed E-state index contributed by atoms with van der Waals surface area (Å²) in [5, 5.41) is 7.78. The Morgan fingerprint density at radius 3 is 2.63 bits per heavy atom. The van der Waals surface area contributed by atoms with Gasteiger partial charge in [-0.2, -0.15) is 4.98 Å². The van der Waals surface area contributed by atoms with E-state index in [2.05, 4.69) is 38.6 Å². The second-order valence-electron chi connectivity index (χ2n) is 10.4. The number of amides is 1. The van der Waals surface area contributed by atoms with Crippen molar-refractivity contribution in [1.29, 1.82) is 0 Å². The summed E-state index contributed by atoms with van der Waals surface area (Å²) in [4.78, 5) is 19.4. The molecule has 2 aromatic carbocycles. The molecule has 3 aromatic rings. The Morgan fingerprint density at radius 2 is 1.89 bits per heavy atom. The molecule has 1 N–H and O–H groups in total. The summed E-state index contributed by atoms with van der Waals surface area (Å²) >= 11 is 6.02. The van der Waals surface area contributed by atoms with Crippen LogP contribution in [0, 0.1) is 12.8 Å². The standard InChI is InChI=1S/C30H35ClN4O2.ClH/c1-21-32-30(37-34-21)26-9-8-24-14-17-35(18-15-25(24)20-26)16-13-22-5-10-28(11-6-22)33-29(36)12-7-23-3-2-4-27(31)19-23;/h2-4,7-9,12,19-20,22,28H,5-6,10-11,13-18H2,1H3,(H,33,36);1H/b12-7+;. The summed E-state index contributed by atoms with van der Waals surface area (Å²) in [5.41, 5.74) is 4.78. The molecule has 1 aliphatic carbocycles. The minimum Gasteiger partial charge on any atom is -0.350 e. The number of benzene rings is 2. The van der Waals surface area contributed by atoms with Gasteiger partial charge >= 0.3 is 0 Å². The van der Waals surface area contributed by atoms with Gasteiger partial charge in [-0.05, 0) is 111 Å². The smallest absolute Gasteiger partial charge is 0.257 e. The fourth-order valence-electron chi connectivity index (χ4n) is 5.53. The van der Waals surface area contributed by atoms with Crippen LogP contribution < -0.4 is 5.32 Å². The lowest BCUT2D eigenvalue weighted by atomic mass is 9.84. The lowest BCUT2D eigenvalue weighted by Gasteiger charge is -2.30. The molecule has 5 rings (SSSR count). The van der Waals surface area contributed by atoms with Gasteiger partial charge in [-0.15, -0.1) is 12.4 Å². The lowest BCUT2D eigenvalue weighted by Crippen LogP contribution is -2.37. The molecular weight excluding hydrogens is 519 g/mol. The zero-order chi connectivity index (χ0) is 25.6. The Morgan fingerprint density at radius 1 is 1.11 bits per heavy atom. The number of aryl methyl sites for hydroxylation is 1. The van der Waals surface area contributed by atoms with E-state index in [1.807, 2.05) is 37.3 Å². The normalized spacial score (nSPS) is 19.9. The maximum absolute atomic E-state index is 12.4. The molecule has 0 saturated heterocycles. The molecule has 0 unspecified atom stereocenters. The van der Waals surface area contributed by atoms with Gasteiger partial charge in [0.25, 0.3) is 5.89 Å². The molecule has 8 heteroatoms. The molecule has 0 atom stereocenters. The first-order chi connectivity index (χ1) is 18.0. The highest BCUT2D eigenvalue weighted by atomic mass is 35.5. The van der Waals surface area contributed by atoms with Crippen molar-refractivity contribution in [1.82, 2.24) is 20.4 Å². The van der Waals surface area contributed by atoms with Crippen LogP contribution in [0.15, 0.2) is 53.1 Å². The van der Waals surface area contributed by atoms with Crippen LogP contribution >= 0.6 is 24.0 Å². The monoisotopic (exact) mass is 554 g/mol. The summed E-state index contributed by atoms with van der Waals surface area (Å²) in [6, 6.07) is 14.4. The minimum atomic E-state index is -0.0232. The van der Waals surface area contributed by atoms with Crippen molar-refractivity contribution in [3.63, 3.8) is 0 Å². The number of aromatic nitrogens is 2. The van der Waals surface area contributed by atoms with Crippen LogP contribution in [-0.2, 0) is 17.6 Å². The molecule has 1 aromatic heterocycles. The fraction of sp³-hybridized carbons (Fsp3) is 0.433. The molecule has 2 aliphatic rings. The number of rotatable bonds is 7. The third-order valence-corrected chi connectivity index (χ3v) is 7.93. The fourth-order valence-corrected chi connectivity index (χ4v) is 5.73. The molecular formula is C30H36Cl2N4O2. The predicted octanol–water partition coefficient (Wildman–Crippen LogP) is 6.30. The molecule has 1 aliphatic heterocycles. The molecule has 1 saturated carbocycles. The number of carbonyl (C=O) groups is 1. The van der Waals surface area contributed by atoms with Crippen molar-refractivity contribution < 1.29 is 9.32 Å². The van der Waals surface area contributed by atoms with E-state index in [4.69, 9.17) is 16.1 Å². The molecule has 2 heterocycles. The zero-order valence-corrected chi connectivity index (χ0v) is 23.4. The quantitative estimate of drug-likeness (QED) is 0.347. The van der Waals surface area contributed by atoms with Gasteiger partial charge in [0.05, 0.1) is 0 Å². The van der Waals surface area contributed by atoms with Gasteiger partial charge in [-0.3, -0.25) is 4.79 Å². The van der Waals surface area contributed by atoms with Gasteiger partial charge in [-0.1, -0.05) is 35.0 Å². The number of halogens is 2. The Kier molecular flexibility index (Phi) is 10.0. The third-order valence-electron chi connectivity index (χ3n) is 7.70. The average Bonchev–Trinajstić information content (AvgIpc) is 3.23. The summed E-state index contributed by atoms with van der Waals surface area (Å²) < 4.78 is 5.36. The van der Waals surface area contributed by atoms with Gasteiger partial charge < -0.3 is 14.7 Å². The van der Waals surface area contributed by atoms with Crippen molar-refractivity contribution in [2.45, 2.75) is 57.9 Å². The lowest BCUT2D eigenvalue weighted by molar-refractivity contribution is -0.117. The largest absolute Gasteiger partial charge is 0.350 e. The number of fused-ring (bicyclic) bond motifs is 1. The van der Waals surface area contributed by atoms with E-state index in [0.29, 0.717) is 16.7 Å². The van der Waals surface area contributed by atoms with Gasteiger partial charge in [-0.25, -0.2) is 0 Å². The number of hydrogen-bond donors (Lipinski definition) is 1. The maximum Gasteiger partial charge on any atom is 0.257 e. The number of hydrogen-bond acceptors (Lipinski definition) is 5. The third kappa shape index (κ3) is 7.68. The number of carbonyl (C=O) groups excluding carboxylic acids is 1. The first-order valence-electron chi connectivity index (χ1n) is 13.4. The van der Waals surface area contributed by atoms with Crippen LogP contribution in [0.1, 0.15) is 54.6 Å². The molecule has 1 fully saturated rings. The Bertz CT molecular complexity index is 1250. The topological polar surface area (TPSA) is 71.3 Å². The Balaban J connectivity index is 0.00000336. The van der Waals surface area contributed by atoms with Crippen LogP contribution in [0.2, 0.25) is 5.02 Å². The summed E-state index contributed by atoms with van der Waals surface area (Å²) in [7, 11) is 0. The van der Waals surface area contributed by atoms with E-state index in [9.17, 15) is 4.79 Å². The van der Waals surface area contributed by atoms with E-state index >= 15 is 0 Å². The highest BCUT2D eigenvalue weighted by Gasteiger charge is 2.23. The van der Waals surface area contributed by atoms with Gasteiger partial charge in [0.15, 0.2) is 5.82 Å². The first-order valence-corrected chi connectivity index (χ1v) is 13.8. The van der Waals surface area contributed by atoms with Crippen LogP contribution in [-0.4, -0.2) is 46.6 Å². The number of nitrogens with one attached hydrogen (secondary N) is 1. The SMILES string of the molecule is Cc1noc(-c2ccc3c(c2)CCN(CCC2CCC(NC(=O)/C=C/c4cccc(Cl)c4)CC2)CC3)n1.Cl. The molecule has 202 valence electrons. The van der Waals surface area contributed by atoms with Crippen molar-refractivity contribution in [2.75, 3.05) is 19.6 Å². The zero-order valence-electron chi connectivity index (χ0n) is 21.9. The van der Waals surface area contributed by atoms with E-state index < -0.39 is 0 Å². The molecule has 6 nitrogen and oxygen atoms in total. The summed E-state index contributed by atoms with van der Waals surface area (Å²) in [5.74, 6) is 1.99. The van der Waals surface area contributed by atoms with Crippen molar-refractivity contribution in [3.8, 4) is 11.5 Å². The van der Waals surface area contributed by atoms with E-state index in [0.717, 1.165) is 62.4 Å². The average molecular weight is 556 g/mol. The predicted molar refractivity (Wildman–Crippen MR) is 155 cm³/mol. The minimum absolute atomic E-state index is 0. The van der Waals surface area contributed by atoms with Crippen LogP contribution in [0.4, 0.5) is 0 Å². The maximum atomic E-state index is 12.4. The van der Waals surface area contributed by atoms with E-state index in [1.165, 1.54) is 30.4 Å². The van der Waals surface area contributed by atoms with Crippen molar-refractivity contribution in [3.05, 3.63) is 76.1 Å². The van der Waals surface area contributed by atoms with Crippen LogP contribution in [0.25, 0.3) is 17.5 Å². The molecule has 38 heavy (non-hydrogen) atoms. The second-order valence-corrected chi connectivity index (χ2v) is 10.8. The van der Waals surface area contributed by atoms with Crippen molar-refractivity contribution in [2.24, 2.45) is 5.92 Å². The first kappa shape index (κ1) is 28.3.